The van der Waals surface area contributed by atoms with E-state index in [4.69, 9.17) is 9.15 Å². The van der Waals surface area contributed by atoms with E-state index in [1.54, 1.807) is 6.07 Å². The molecule has 3 nitrogen and oxygen atoms in total. The molecule has 0 amide bonds. The molecule has 0 saturated heterocycles. The maximum Gasteiger partial charge on any atom is 0.379 e. The van der Waals surface area contributed by atoms with Crippen LogP contribution in [0.4, 0.5) is 0 Å². The smallest absolute Gasteiger partial charge is 0.379 e. The van der Waals surface area contributed by atoms with E-state index < -0.39 is 5.97 Å². The molecular weight excluding hydrogens is 412 g/mol. The number of fused-ring (bicyclic) bond motifs is 1. The van der Waals surface area contributed by atoms with Gasteiger partial charge in [-0.1, -0.05) is 31.9 Å². The number of furan rings is 1. The zero-order valence-corrected chi connectivity index (χ0v) is 15.1. The molecule has 5 heteroatoms. The molecule has 0 aliphatic carbocycles. The molecule has 0 fully saturated rings. The first kappa shape index (κ1) is 15.3. The molecular formula is C17H12Br2O3. The van der Waals surface area contributed by atoms with Crippen LogP contribution in [0.2, 0.25) is 0 Å². The molecule has 1 aromatic heterocycles. The molecule has 3 rings (SSSR count). The number of rotatable bonds is 2. The Labute approximate surface area is 144 Å². The Morgan fingerprint density at radius 2 is 1.68 bits per heavy atom. The second-order valence-corrected chi connectivity index (χ2v) is 6.88. The van der Waals surface area contributed by atoms with Gasteiger partial charge in [-0.15, -0.1) is 0 Å². The van der Waals surface area contributed by atoms with Crippen molar-refractivity contribution in [2.45, 2.75) is 13.8 Å². The summed E-state index contributed by atoms with van der Waals surface area (Å²) in [6, 6.07) is 11.1. The summed E-state index contributed by atoms with van der Waals surface area (Å²) in [5, 5.41) is 0.852. The minimum Gasteiger partial charge on any atom is -0.449 e. The molecule has 3 aromatic rings. The molecule has 0 N–H and O–H groups in total. The molecule has 22 heavy (non-hydrogen) atoms. The quantitative estimate of drug-likeness (QED) is 0.386. The average Bonchev–Trinajstić information content (AvgIpc) is 2.85. The molecule has 112 valence electrons. The lowest BCUT2D eigenvalue weighted by molar-refractivity contribution is 0.0701. The summed E-state index contributed by atoms with van der Waals surface area (Å²) in [6.45, 7) is 3.80. The third-order valence-corrected chi connectivity index (χ3v) is 4.25. The minimum atomic E-state index is -0.499. The number of hydrogen-bond donors (Lipinski definition) is 0. The lowest BCUT2D eigenvalue weighted by atomic mass is 10.1. The molecule has 1 heterocycles. The third kappa shape index (κ3) is 2.96. The first-order chi connectivity index (χ1) is 10.4. The van der Waals surface area contributed by atoms with Crippen LogP contribution in [0.5, 0.6) is 5.75 Å². The zero-order chi connectivity index (χ0) is 15.9. The Kier molecular flexibility index (Phi) is 4.10. The summed E-state index contributed by atoms with van der Waals surface area (Å²) in [7, 11) is 0. The van der Waals surface area contributed by atoms with E-state index in [2.05, 4.69) is 31.9 Å². The summed E-state index contributed by atoms with van der Waals surface area (Å²) >= 11 is 6.82. The largest absolute Gasteiger partial charge is 0.449 e. The molecule has 0 aliphatic heterocycles. The zero-order valence-electron chi connectivity index (χ0n) is 11.9. The SMILES string of the molecule is Cc1cc(Br)cc(C)c1OC(=O)c1cc2cc(Br)ccc2o1. The van der Waals surface area contributed by atoms with Crippen molar-refractivity contribution in [2.24, 2.45) is 0 Å². The Morgan fingerprint density at radius 3 is 2.36 bits per heavy atom. The number of ether oxygens (including phenoxy) is 1. The summed E-state index contributed by atoms with van der Waals surface area (Å²) in [5.74, 6) is 0.255. The van der Waals surface area contributed by atoms with Gasteiger partial charge in [-0.25, -0.2) is 4.79 Å². The number of carbonyl (C=O) groups is 1. The number of benzene rings is 2. The predicted molar refractivity (Wildman–Crippen MR) is 92.5 cm³/mol. The van der Waals surface area contributed by atoms with Crippen LogP contribution in [0.25, 0.3) is 11.0 Å². The van der Waals surface area contributed by atoms with E-state index in [9.17, 15) is 4.79 Å². The highest BCUT2D eigenvalue weighted by Gasteiger charge is 2.17. The van der Waals surface area contributed by atoms with Crippen LogP contribution in [0, 0.1) is 13.8 Å². The van der Waals surface area contributed by atoms with Gasteiger partial charge in [-0.05, 0) is 61.4 Å². The van der Waals surface area contributed by atoms with E-state index in [-0.39, 0.29) is 5.76 Å². The van der Waals surface area contributed by atoms with Crippen LogP contribution in [-0.2, 0) is 0 Å². The van der Waals surface area contributed by atoms with Gasteiger partial charge in [0.1, 0.15) is 11.3 Å². The van der Waals surface area contributed by atoms with Gasteiger partial charge >= 0.3 is 5.97 Å². The number of aryl methyl sites for hydroxylation is 2. The second kappa shape index (κ2) is 5.89. The Hall–Kier alpha value is -1.59. The molecule has 0 bridgehead atoms. The summed E-state index contributed by atoms with van der Waals surface area (Å²) in [4.78, 5) is 12.3. The average molecular weight is 424 g/mol. The van der Waals surface area contributed by atoms with Crippen molar-refractivity contribution in [1.82, 2.24) is 0 Å². The van der Waals surface area contributed by atoms with Crippen molar-refractivity contribution >= 4 is 48.8 Å². The molecule has 0 radical (unpaired) electrons. The van der Waals surface area contributed by atoms with Crippen LogP contribution >= 0.6 is 31.9 Å². The van der Waals surface area contributed by atoms with Gasteiger partial charge in [0, 0.05) is 14.3 Å². The lowest BCUT2D eigenvalue weighted by Gasteiger charge is -2.10. The van der Waals surface area contributed by atoms with Gasteiger partial charge in [-0.3, -0.25) is 0 Å². The van der Waals surface area contributed by atoms with Crippen LogP contribution in [0.1, 0.15) is 21.7 Å². The van der Waals surface area contributed by atoms with E-state index in [0.717, 1.165) is 25.5 Å². The third-order valence-electron chi connectivity index (χ3n) is 3.30. The first-order valence-electron chi connectivity index (χ1n) is 6.62. The van der Waals surface area contributed by atoms with Crippen LogP contribution in [-0.4, -0.2) is 5.97 Å². The highest BCUT2D eigenvalue weighted by atomic mass is 79.9. The maximum absolute atomic E-state index is 12.3. The predicted octanol–water partition coefficient (Wildman–Crippen LogP) is 5.79. The first-order valence-corrected chi connectivity index (χ1v) is 8.20. The van der Waals surface area contributed by atoms with Crippen molar-refractivity contribution in [1.29, 1.82) is 0 Å². The topological polar surface area (TPSA) is 39.4 Å². The normalized spacial score (nSPS) is 10.9. The summed E-state index contributed by atoms with van der Waals surface area (Å²) in [5.41, 5.74) is 2.43. The van der Waals surface area contributed by atoms with Gasteiger partial charge in [0.15, 0.2) is 0 Å². The standard InChI is InChI=1S/C17H12Br2O3/c1-9-5-13(19)6-10(2)16(9)22-17(20)15-8-11-7-12(18)3-4-14(11)21-15/h3-8H,1-2H3. The van der Waals surface area contributed by atoms with Crippen LogP contribution in [0.15, 0.2) is 49.8 Å². The number of hydrogen-bond acceptors (Lipinski definition) is 3. The fourth-order valence-electron chi connectivity index (χ4n) is 2.32. The number of esters is 1. The van der Waals surface area contributed by atoms with E-state index in [0.29, 0.717) is 11.3 Å². The van der Waals surface area contributed by atoms with Gasteiger partial charge in [0.25, 0.3) is 0 Å². The summed E-state index contributed by atoms with van der Waals surface area (Å²) < 4.78 is 13.0. The van der Waals surface area contributed by atoms with Crippen molar-refractivity contribution in [3.05, 3.63) is 62.2 Å². The van der Waals surface area contributed by atoms with Crippen molar-refractivity contribution in [3.63, 3.8) is 0 Å². The summed E-state index contributed by atoms with van der Waals surface area (Å²) in [6.07, 6.45) is 0. The highest BCUT2D eigenvalue weighted by Crippen LogP contribution is 2.29. The highest BCUT2D eigenvalue weighted by molar-refractivity contribution is 9.10. The number of halogens is 2. The van der Waals surface area contributed by atoms with Crippen LogP contribution in [0.3, 0.4) is 0 Å². The van der Waals surface area contributed by atoms with E-state index in [1.165, 1.54) is 0 Å². The fourth-order valence-corrected chi connectivity index (χ4v) is 3.38. The molecule has 0 saturated carbocycles. The molecule has 0 spiro atoms. The molecule has 2 aromatic carbocycles. The van der Waals surface area contributed by atoms with E-state index in [1.807, 2.05) is 44.2 Å². The van der Waals surface area contributed by atoms with Gasteiger partial charge in [0.2, 0.25) is 5.76 Å². The molecule has 0 unspecified atom stereocenters. The second-order valence-electron chi connectivity index (χ2n) is 5.05. The van der Waals surface area contributed by atoms with Gasteiger partial charge in [-0.2, -0.15) is 0 Å². The monoisotopic (exact) mass is 422 g/mol. The van der Waals surface area contributed by atoms with Crippen molar-refractivity contribution in [2.75, 3.05) is 0 Å². The fraction of sp³-hybridized carbons (Fsp3) is 0.118. The Morgan fingerprint density at radius 1 is 1.00 bits per heavy atom. The van der Waals surface area contributed by atoms with Gasteiger partial charge < -0.3 is 9.15 Å². The van der Waals surface area contributed by atoms with Crippen LogP contribution < -0.4 is 4.74 Å². The minimum absolute atomic E-state index is 0.190. The van der Waals surface area contributed by atoms with Gasteiger partial charge in [0.05, 0.1) is 0 Å². The Balaban J connectivity index is 1.93. The maximum atomic E-state index is 12.3. The lowest BCUT2D eigenvalue weighted by Crippen LogP contribution is -2.09. The van der Waals surface area contributed by atoms with E-state index >= 15 is 0 Å². The van der Waals surface area contributed by atoms with Crippen molar-refractivity contribution in [3.8, 4) is 5.75 Å². The van der Waals surface area contributed by atoms with Crippen molar-refractivity contribution < 1.29 is 13.9 Å². The molecule has 0 aliphatic rings. The Bertz CT molecular complexity index is 858. The number of carbonyl (C=O) groups excluding carboxylic acids is 1. The molecule has 0 atom stereocenters.